The molecule has 0 saturated heterocycles. The molecule has 0 atom stereocenters. The summed E-state index contributed by atoms with van der Waals surface area (Å²) >= 11 is 4.95. The number of thiophene rings is 1. The lowest BCUT2D eigenvalue weighted by atomic mass is 10.2. The SMILES string of the molecule is Cc1sc(/N=C/c2ccc(Br)cc2)c(C#N)c1C. The van der Waals surface area contributed by atoms with Crippen molar-refractivity contribution in [2.45, 2.75) is 13.8 Å². The Morgan fingerprint density at radius 3 is 2.56 bits per heavy atom. The maximum Gasteiger partial charge on any atom is 0.134 e. The summed E-state index contributed by atoms with van der Waals surface area (Å²) in [4.78, 5) is 5.56. The van der Waals surface area contributed by atoms with E-state index in [0.717, 1.165) is 25.5 Å². The second-order valence-corrected chi connectivity index (χ2v) is 6.00. The Morgan fingerprint density at radius 1 is 1.28 bits per heavy atom. The second-order valence-electron chi connectivity index (χ2n) is 3.88. The summed E-state index contributed by atoms with van der Waals surface area (Å²) in [5.41, 5.74) is 2.74. The minimum Gasteiger partial charge on any atom is -0.244 e. The van der Waals surface area contributed by atoms with Crippen molar-refractivity contribution < 1.29 is 0 Å². The van der Waals surface area contributed by atoms with Gasteiger partial charge in [-0.2, -0.15) is 5.26 Å². The van der Waals surface area contributed by atoms with Gasteiger partial charge in [0.2, 0.25) is 0 Å². The summed E-state index contributed by atoms with van der Waals surface area (Å²) in [5.74, 6) is 0. The highest BCUT2D eigenvalue weighted by atomic mass is 79.9. The lowest BCUT2D eigenvalue weighted by molar-refractivity contribution is 1.38. The largest absolute Gasteiger partial charge is 0.244 e. The molecule has 2 aromatic rings. The average molecular weight is 319 g/mol. The summed E-state index contributed by atoms with van der Waals surface area (Å²) in [6.07, 6.45) is 1.79. The molecule has 0 aliphatic rings. The topological polar surface area (TPSA) is 36.1 Å². The molecular formula is C14H11BrN2S. The number of nitriles is 1. The monoisotopic (exact) mass is 318 g/mol. The van der Waals surface area contributed by atoms with Crippen LogP contribution in [0.25, 0.3) is 0 Å². The first-order valence-electron chi connectivity index (χ1n) is 5.41. The lowest BCUT2D eigenvalue weighted by Gasteiger charge is -1.93. The Morgan fingerprint density at radius 2 is 1.94 bits per heavy atom. The molecule has 0 aliphatic heterocycles. The zero-order chi connectivity index (χ0) is 13.1. The molecule has 2 rings (SSSR count). The van der Waals surface area contributed by atoms with Gasteiger partial charge in [0.1, 0.15) is 11.1 Å². The summed E-state index contributed by atoms with van der Waals surface area (Å²) < 4.78 is 1.04. The molecule has 18 heavy (non-hydrogen) atoms. The zero-order valence-electron chi connectivity index (χ0n) is 10.1. The van der Waals surface area contributed by atoms with E-state index in [-0.39, 0.29) is 0 Å². The van der Waals surface area contributed by atoms with Gasteiger partial charge in [0.05, 0.1) is 5.56 Å². The molecule has 0 bridgehead atoms. The minimum absolute atomic E-state index is 0.686. The van der Waals surface area contributed by atoms with Crippen LogP contribution in [0.1, 0.15) is 21.6 Å². The van der Waals surface area contributed by atoms with Crippen LogP contribution in [0.3, 0.4) is 0 Å². The number of rotatable bonds is 2. The first kappa shape index (κ1) is 13.0. The molecule has 0 aliphatic carbocycles. The standard InChI is InChI=1S/C14H11BrN2S/c1-9-10(2)18-14(13(9)7-16)17-8-11-3-5-12(15)6-4-11/h3-6,8H,1-2H3/b17-8+. The van der Waals surface area contributed by atoms with E-state index in [9.17, 15) is 0 Å². The van der Waals surface area contributed by atoms with Gasteiger partial charge in [-0.15, -0.1) is 11.3 Å². The van der Waals surface area contributed by atoms with Crippen LogP contribution < -0.4 is 0 Å². The molecule has 0 amide bonds. The molecule has 0 fully saturated rings. The summed E-state index contributed by atoms with van der Waals surface area (Å²) in [5, 5.41) is 9.91. The molecule has 1 aromatic heterocycles. The molecule has 4 heteroatoms. The molecule has 0 unspecified atom stereocenters. The van der Waals surface area contributed by atoms with E-state index >= 15 is 0 Å². The maximum atomic E-state index is 9.12. The van der Waals surface area contributed by atoms with Crippen LogP contribution in [-0.2, 0) is 0 Å². The van der Waals surface area contributed by atoms with Crippen molar-refractivity contribution in [3.63, 3.8) is 0 Å². The van der Waals surface area contributed by atoms with Crippen LogP contribution in [0.2, 0.25) is 0 Å². The van der Waals surface area contributed by atoms with Crippen molar-refractivity contribution >= 4 is 38.5 Å². The van der Waals surface area contributed by atoms with Gasteiger partial charge in [-0.1, -0.05) is 28.1 Å². The van der Waals surface area contributed by atoms with Gasteiger partial charge in [0.25, 0.3) is 0 Å². The Kier molecular flexibility index (Phi) is 3.95. The van der Waals surface area contributed by atoms with Gasteiger partial charge in [-0.25, -0.2) is 4.99 Å². The van der Waals surface area contributed by atoms with Crippen LogP contribution in [0.4, 0.5) is 5.00 Å². The second kappa shape index (κ2) is 5.47. The molecule has 0 spiro atoms. The van der Waals surface area contributed by atoms with Crippen molar-refractivity contribution in [3.05, 3.63) is 50.3 Å². The normalized spacial score (nSPS) is 10.8. The van der Waals surface area contributed by atoms with E-state index in [1.54, 1.807) is 17.6 Å². The van der Waals surface area contributed by atoms with Gasteiger partial charge >= 0.3 is 0 Å². The molecule has 0 saturated carbocycles. The average Bonchev–Trinajstić information content (AvgIpc) is 2.64. The first-order valence-corrected chi connectivity index (χ1v) is 7.02. The highest BCUT2D eigenvalue weighted by molar-refractivity contribution is 9.10. The van der Waals surface area contributed by atoms with E-state index in [2.05, 4.69) is 27.0 Å². The molecule has 1 aromatic carbocycles. The molecule has 90 valence electrons. The smallest absolute Gasteiger partial charge is 0.134 e. The van der Waals surface area contributed by atoms with Gasteiger partial charge in [-0.3, -0.25) is 0 Å². The third-order valence-corrected chi connectivity index (χ3v) is 4.32. The summed E-state index contributed by atoms with van der Waals surface area (Å²) in [6.45, 7) is 3.97. The van der Waals surface area contributed by atoms with Crippen LogP contribution in [0, 0.1) is 25.2 Å². The Hall–Kier alpha value is -1.44. The number of hydrogen-bond donors (Lipinski definition) is 0. The van der Waals surface area contributed by atoms with Crippen LogP contribution in [-0.4, -0.2) is 6.21 Å². The van der Waals surface area contributed by atoms with Crippen LogP contribution in [0.5, 0.6) is 0 Å². The molecule has 1 heterocycles. The highest BCUT2D eigenvalue weighted by Crippen LogP contribution is 2.33. The van der Waals surface area contributed by atoms with Crippen LogP contribution >= 0.6 is 27.3 Å². The molecule has 0 radical (unpaired) electrons. The third kappa shape index (κ3) is 2.69. The van der Waals surface area contributed by atoms with E-state index in [1.807, 2.05) is 38.1 Å². The third-order valence-electron chi connectivity index (χ3n) is 2.68. The zero-order valence-corrected chi connectivity index (χ0v) is 12.5. The molecule has 2 nitrogen and oxygen atoms in total. The van der Waals surface area contributed by atoms with E-state index < -0.39 is 0 Å². The fourth-order valence-corrected chi connectivity index (χ4v) is 2.73. The number of aryl methyl sites for hydroxylation is 1. The van der Waals surface area contributed by atoms with E-state index in [0.29, 0.717) is 5.56 Å². The van der Waals surface area contributed by atoms with E-state index in [1.165, 1.54) is 0 Å². The highest BCUT2D eigenvalue weighted by Gasteiger charge is 2.10. The number of halogens is 1. The number of aliphatic imine (C=N–C) groups is 1. The predicted octanol–water partition coefficient (Wildman–Crippen LogP) is 4.75. The van der Waals surface area contributed by atoms with Gasteiger partial charge in [0.15, 0.2) is 0 Å². The predicted molar refractivity (Wildman–Crippen MR) is 79.9 cm³/mol. The quantitative estimate of drug-likeness (QED) is 0.736. The summed E-state index contributed by atoms with van der Waals surface area (Å²) in [7, 11) is 0. The Balaban J connectivity index is 2.32. The minimum atomic E-state index is 0.686. The maximum absolute atomic E-state index is 9.12. The molecular weight excluding hydrogens is 308 g/mol. The fourth-order valence-electron chi connectivity index (χ4n) is 1.51. The van der Waals surface area contributed by atoms with Gasteiger partial charge < -0.3 is 0 Å². The Bertz CT molecular complexity index is 633. The first-order chi connectivity index (χ1) is 8.61. The van der Waals surface area contributed by atoms with Crippen molar-refractivity contribution in [3.8, 4) is 6.07 Å². The lowest BCUT2D eigenvalue weighted by Crippen LogP contribution is -1.80. The molecule has 0 N–H and O–H groups in total. The van der Waals surface area contributed by atoms with Crippen LogP contribution in [0.15, 0.2) is 33.7 Å². The van der Waals surface area contributed by atoms with Gasteiger partial charge in [0, 0.05) is 15.6 Å². The number of nitrogens with zero attached hydrogens (tertiary/aromatic N) is 2. The number of benzene rings is 1. The fraction of sp³-hybridized carbons (Fsp3) is 0.143. The summed E-state index contributed by atoms with van der Waals surface area (Å²) in [6, 6.07) is 10.1. The van der Waals surface area contributed by atoms with E-state index in [4.69, 9.17) is 5.26 Å². The van der Waals surface area contributed by atoms with Crippen molar-refractivity contribution in [2.24, 2.45) is 4.99 Å². The Labute approximate surface area is 119 Å². The number of hydrogen-bond acceptors (Lipinski definition) is 3. The van der Waals surface area contributed by atoms with Gasteiger partial charge in [-0.05, 0) is 37.1 Å². The van der Waals surface area contributed by atoms with Crippen molar-refractivity contribution in [2.75, 3.05) is 0 Å². The van der Waals surface area contributed by atoms with Crippen molar-refractivity contribution in [1.82, 2.24) is 0 Å². The van der Waals surface area contributed by atoms with Crippen molar-refractivity contribution in [1.29, 1.82) is 5.26 Å².